The molecule has 38 heavy (non-hydrogen) atoms. The highest BCUT2D eigenvalue weighted by molar-refractivity contribution is 6.30. The number of carbonyl (C=O) groups excluding carboxylic acids is 1. The SMILES string of the molecule is Cc1cc(C(=O)N2CCC3(CC2)CN(Cc2ccccc2)CC(c2ccc(Cl)cc2)O3)ccc1OC(C)C. The highest BCUT2D eigenvalue weighted by atomic mass is 35.5. The molecule has 3 aromatic rings. The van der Waals surface area contributed by atoms with Gasteiger partial charge in [-0.1, -0.05) is 54.1 Å². The molecule has 0 radical (unpaired) electrons. The van der Waals surface area contributed by atoms with E-state index in [2.05, 4.69) is 47.4 Å². The lowest BCUT2D eigenvalue weighted by atomic mass is 9.87. The van der Waals surface area contributed by atoms with Crippen LogP contribution in [0.25, 0.3) is 0 Å². The number of halogens is 1. The van der Waals surface area contributed by atoms with Crippen LogP contribution in [0, 0.1) is 6.92 Å². The summed E-state index contributed by atoms with van der Waals surface area (Å²) in [5, 5.41) is 0.728. The van der Waals surface area contributed by atoms with Crippen LogP contribution in [0.3, 0.4) is 0 Å². The Morgan fingerprint density at radius 2 is 1.76 bits per heavy atom. The standard InChI is InChI=1S/C32H37ClN2O3/c1-23(2)37-29-14-11-27(19-24(29)3)31(36)35-17-15-32(16-18-35)22-34(20-25-7-5-4-6-8-25)21-30(38-32)26-9-12-28(33)13-10-26/h4-14,19,23,30H,15-18,20-22H2,1-3H3. The Labute approximate surface area is 231 Å². The molecule has 1 amide bonds. The third-order valence-electron chi connectivity index (χ3n) is 7.57. The average Bonchev–Trinajstić information content (AvgIpc) is 2.90. The van der Waals surface area contributed by atoms with Crippen molar-refractivity contribution in [3.63, 3.8) is 0 Å². The lowest BCUT2D eigenvalue weighted by Gasteiger charge is -2.50. The molecule has 200 valence electrons. The van der Waals surface area contributed by atoms with Crippen LogP contribution in [-0.2, 0) is 11.3 Å². The van der Waals surface area contributed by atoms with E-state index in [1.165, 1.54) is 5.56 Å². The number of hydrogen-bond donors (Lipinski definition) is 0. The van der Waals surface area contributed by atoms with E-state index < -0.39 is 0 Å². The number of hydrogen-bond acceptors (Lipinski definition) is 4. The third kappa shape index (κ3) is 6.23. The Balaban J connectivity index is 1.30. The minimum absolute atomic E-state index is 0.0388. The number of carbonyl (C=O) groups is 1. The summed E-state index contributed by atoms with van der Waals surface area (Å²) >= 11 is 6.17. The van der Waals surface area contributed by atoms with Gasteiger partial charge in [-0.3, -0.25) is 9.69 Å². The maximum absolute atomic E-state index is 13.4. The minimum atomic E-state index is -0.293. The quantitative estimate of drug-likeness (QED) is 0.355. The van der Waals surface area contributed by atoms with Gasteiger partial charge in [0.25, 0.3) is 5.91 Å². The second-order valence-corrected chi connectivity index (χ2v) is 11.4. The molecule has 0 bridgehead atoms. The van der Waals surface area contributed by atoms with Crippen LogP contribution < -0.4 is 4.74 Å². The molecule has 0 N–H and O–H groups in total. The van der Waals surface area contributed by atoms with E-state index in [1.54, 1.807) is 0 Å². The average molecular weight is 533 g/mol. The number of morpholine rings is 1. The largest absolute Gasteiger partial charge is 0.491 e. The van der Waals surface area contributed by atoms with Gasteiger partial charge in [-0.05, 0) is 80.6 Å². The van der Waals surface area contributed by atoms with Crippen molar-refractivity contribution in [1.82, 2.24) is 9.80 Å². The molecule has 2 saturated heterocycles. The molecule has 0 saturated carbocycles. The van der Waals surface area contributed by atoms with Crippen LogP contribution in [0.2, 0.25) is 5.02 Å². The Morgan fingerprint density at radius 1 is 1.05 bits per heavy atom. The van der Waals surface area contributed by atoms with E-state index in [4.69, 9.17) is 21.1 Å². The fourth-order valence-corrected chi connectivity index (χ4v) is 5.77. The van der Waals surface area contributed by atoms with Crippen LogP contribution in [0.1, 0.15) is 59.8 Å². The molecule has 5 nitrogen and oxygen atoms in total. The zero-order chi connectivity index (χ0) is 26.7. The number of ether oxygens (including phenoxy) is 2. The molecule has 1 unspecified atom stereocenters. The van der Waals surface area contributed by atoms with Crippen molar-refractivity contribution in [1.29, 1.82) is 0 Å². The first-order valence-corrected chi connectivity index (χ1v) is 13.9. The highest BCUT2D eigenvalue weighted by Gasteiger charge is 2.44. The van der Waals surface area contributed by atoms with Crippen molar-refractivity contribution in [2.24, 2.45) is 0 Å². The lowest BCUT2D eigenvalue weighted by molar-refractivity contribution is -0.177. The summed E-state index contributed by atoms with van der Waals surface area (Å²) in [4.78, 5) is 17.9. The second-order valence-electron chi connectivity index (χ2n) is 10.9. The molecule has 0 aromatic heterocycles. The molecule has 6 heteroatoms. The summed E-state index contributed by atoms with van der Waals surface area (Å²) < 4.78 is 12.7. The number of piperidine rings is 1. The number of rotatable bonds is 6. The van der Waals surface area contributed by atoms with Gasteiger partial charge in [0, 0.05) is 43.3 Å². The number of aryl methyl sites for hydroxylation is 1. The number of nitrogens with zero attached hydrogens (tertiary/aromatic N) is 2. The van der Waals surface area contributed by atoms with Crippen molar-refractivity contribution in [3.8, 4) is 5.75 Å². The van der Waals surface area contributed by atoms with Crippen LogP contribution in [0.15, 0.2) is 72.8 Å². The van der Waals surface area contributed by atoms with Gasteiger partial charge in [-0.2, -0.15) is 0 Å². The zero-order valence-electron chi connectivity index (χ0n) is 22.5. The number of amides is 1. The Hall–Kier alpha value is -2.86. The molecular formula is C32H37ClN2O3. The van der Waals surface area contributed by atoms with Gasteiger partial charge in [-0.15, -0.1) is 0 Å². The smallest absolute Gasteiger partial charge is 0.253 e. The second kappa shape index (κ2) is 11.5. The predicted octanol–water partition coefficient (Wildman–Crippen LogP) is 6.68. The summed E-state index contributed by atoms with van der Waals surface area (Å²) in [5.74, 6) is 0.904. The Morgan fingerprint density at radius 3 is 2.42 bits per heavy atom. The van der Waals surface area contributed by atoms with Gasteiger partial charge in [0.15, 0.2) is 0 Å². The molecule has 2 aliphatic heterocycles. The normalized spacial score (nSPS) is 19.6. The van der Waals surface area contributed by atoms with Crippen molar-refractivity contribution >= 4 is 17.5 Å². The van der Waals surface area contributed by atoms with Crippen LogP contribution in [0.4, 0.5) is 0 Å². The first-order chi connectivity index (χ1) is 18.3. The van der Waals surface area contributed by atoms with E-state index in [0.717, 1.165) is 54.4 Å². The summed E-state index contributed by atoms with van der Waals surface area (Å²) in [6, 6.07) is 24.3. The van der Waals surface area contributed by atoms with Gasteiger partial charge in [0.05, 0.1) is 17.8 Å². The molecule has 2 fully saturated rings. The fraction of sp³-hybridized carbons (Fsp3) is 0.406. The molecule has 3 aromatic carbocycles. The van der Waals surface area contributed by atoms with Crippen LogP contribution >= 0.6 is 11.6 Å². The van der Waals surface area contributed by atoms with E-state index in [-0.39, 0.29) is 23.7 Å². The first kappa shape index (κ1) is 26.7. The monoisotopic (exact) mass is 532 g/mol. The lowest BCUT2D eigenvalue weighted by Crippen LogP contribution is -2.57. The van der Waals surface area contributed by atoms with Gasteiger partial charge in [-0.25, -0.2) is 0 Å². The highest BCUT2D eigenvalue weighted by Crippen LogP contribution is 2.39. The van der Waals surface area contributed by atoms with E-state index in [1.807, 2.05) is 56.0 Å². The molecule has 1 spiro atoms. The van der Waals surface area contributed by atoms with Crippen LogP contribution in [-0.4, -0.2) is 53.6 Å². The van der Waals surface area contributed by atoms with Gasteiger partial charge < -0.3 is 14.4 Å². The molecular weight excluding hydrogens is 496 g/mol. The van der Waals surface area contributed by atoms with Crippen molar-refractivity contribution < 1.29 is 14.3 Å². The molecule has 0 aliphatic carbocycles. The zero-order valence-corrected chi connectivity index (χ0v) is 23.3. The van der Waals surface area contributed by atoms with Crippen molar-refractivity contribution in [3.05, 3.63) is 100 Å². The Bertz CT molecular complexity index is 1240. The minimum Gasteiger partial charge on any atom is -0.491 e. The van der Waals surface area contributed by atoms with Crippen LogP contribution in [0.5, 0.6) is 5.75 Å². The summed E-state index contributed by atoms with van der Waals surface area (Å²) in [5.41, 5.74) is 3.84. The van der Waals surface area contributed by atoms with Gasteiger partial charge in [0.1, 0.15) is 5.75 Å². The van der Waals surface area contributed by atoms with E-state index in [9.17, 15) is 4.79 Å². The first-order valence-electron chi connectivity index (χ1n) is 13.6. The summed E-state index contributed by atoms with van der Waals surface area (Å²) in [7, 11) is 0. The maximum atomic E-state index is 13.4. The Kier molecular flexibility index (Phi) is 8.08. The van der Waals surface area contributed by atoms with E-state index in [0.29, 0.717) is 18.7 Å². The summed E-state index contributed by atoms with van der Waals surface area (Å²) in [6.45, 7) is 9.92. The molecule has 5 rings (SSSR count). The fourth-order valence-electron chi connectivity index (χ4n) is 5.64. The number of benzene rings is 3. The van der Waals surface area contributed by atoms with E-state index >= 15 is 0 Å². The summed E-state index contributed by atoms with van der Waals surface area (Å²) in [6.07, 6.45) is 1.67. The molecule has 2 heterocycles. The number of likely N-dealkylation sites (tertiary alicyclic amines) is 1. The van der Waals surface area contributed by atoms with Gasteiger partial charge >= 0.3 is 0 Å². The predicted molar refractivity (Wildman–Crippen MR) is 152 cm³/mol. The van der Waals surface area contributed by atoms with Crippen molar-refractivity contribution in [2.45, 2.75) is 58.0 Å². The maximum Gasteiger partial charge on any atom is 0.253 e. The van der Waals surface area contributed by atoms with Crippen molar-refractivity contribution in [2.75, 3.05) is 26.2 Å². The molecule has 1 atom stereocenters. The van der Waals surface area contributed by atoms with Gasteiger partial charge in [0.2, 0.25) is 0 Å². The topological polar surface area (TPSA) is 42.0 Å². The third-order valence-corrected chi connectivity index (χ3v) is 7.82. The molecule has 2 aliphatic rings.